The maximum absolute atomic E-state index is 14.2. The molecule has 10 nitrogen and oxygen atoms in total. The number of alkyl halides is 1. The lowest BCUT2D eigenvalue weighted by Gasteiger charge is -2.20. The fraction of sp³-hybridized carbons (Fsp3) is 0.688. The average molecular weight is 390 g/mol. The summed E-state index contributed by atoms with van der Waals surface area (Å²) in [7, 11) is 0. The van der Waals surface area contributed by atoms with Crippen LogP contribution in [0.15, 0.2) is 21.9 Å². The van der Waals surface area contributed by atoms with Crippen molar-refractivity contribution in [1.82, 2.24) is 9.13 Å². The van der Waals surface area contributed by atoms with Crippen LogP contribution in [0.2, 0.25) is 0 Å². The fourth-order valence-electron chi connectivity index (χ4n) is 2.82. The molecule has 1 saturated heterocycles. The number of hydrogen-bond donors (Lipinski definition) is 3. The molecule has 0 amide bonds. The van der Waals surface area contributed by atoms with Crippen molar-refractivity contribution in [3.05, 3.63) is 33.1 Å². The maximum atomic E-state index is 14.2. The van der Waals surface area contributed by atoms with Crippen molar-refractivity contribution in [3.63, 3.8) is 0 Å². The SMILES string of the molecule is CCC(CC)C(=O)OCn1c(=O)ccn([C@@H]2O[C@](F)(CO)[C@@H](O)[C@H]2O)c1=O. The van der Waals surface area contributed by atoms with Crippen LogP contribution < -0.4 is 11.2 Å². The Bertz CT molecular complexity index is 789. The van der Waals surface area contributed by atoms with E-state index in [4.69, 9.17) is 14.6 Å². The van der Waals surface area contributed by atoms with Gasteiger partial charge in [0, 0.05) is 12.3 Å². The van der Waals surface area contributed by atoms with Gasteiger partial charge in [-0.2, -0.15) is 0 Å². The van der Waals surface area contributed by atoms with Gasteiger partial charge in [0.25, 0.3) is 11.4 Å². The number of carbonyl (C=O) groups is 1. The van der Waals surface area contributed by atoms with Gasteiger partial charge in [-0.3, -0.25) is 14.2 Å². The second kappa shape index (κ2) is 8.30. The molecule has 1 aliphatic heterocycles. The van der Waals surface area contributed by atoms with Crippen molar-refractivity contribution in [1.29, 1.82) is 0 Å². The van der Waals surface area contributed by atoms with Crippen LogP contribution in [0.25, 0.3) is 0 Å². The summed E-state index contributed by atoms with van der Waals surface area (Å²) in [6, 6.07) is 0.937. The third-order valence-electron chi connectivity index (χ3n) is 4.61. The van der Waals surface area contributed by atoms with E-state index in [-0.39, 0.29) is 5.92 Å². The summed E-state index contributed by atoms with van der Waals surface area (Å²) < 4.78 is 25.3. The van der Waals surface area contributed by atoms with E-state index in [1.807, 2.05) is 0 Å². The quantitative estimate of drug-likeness (QED) is 0.496. The number of ether oxygens (including phenoxy) is 2. The molecule has 0 spiro atoms. The monoisotopic (exact) mass is 390 g/mol. The summed E-state index contributed by atoms with van der Waals surface area (Å²) in [6.07, 6.45) is -3.66. The molecule has 4 atom stereocenters. The molecule has 1 aromatic heterocycles. The number of aromatic nitrogens is 2. The van der Waals surface area contributed by atoms with E-state index in [1.165, 1.54) is 0 Å². The van der Waals surface area contributed by atoms with Gasteiger partial charge in [-0.05, 0) is 12.8 Å². The minimum absolute atomic E-state index is 0.376. The number of esters is 1. The summed E-state index contributed by atoms with van der Waals surface area (Å²) in [5.74, 6) is -3.91. The van der Waals surface area contributed by atoms with Crippen molar-refractivity contribution in [2.75, 3.05) is 6.61 Å². The van der Waals surface area contributed by atoms with Gasteiger partial charge in [-0.25, -0.2) is 13.8 Å². The van der Waals surface area contributed by atoms with Crippen LogP contribution in [0.4, 0.5) is 4.39 Å². The van der Waals surface area contributed by atoms with E-state index in [1.54, 1.807) is 13.8 Å². The number of aliphatic hydroxyl groups excluding tert-OH is 3. The molecule has 2 rings (SSSR count). The van der Waals surface area contributed by atoms with Gasteiger partial charge in [0.15, 0.2) is 13.0 Å². The van der Waals surface area contributed by atoms with Gasteiger partial charge < -0.3 is 24.8 Å². The van der Waals surface area contributed by atoms with Crippen molar-refractivity contribution >= 4 is 5.97 Å². The first-order valence-corrected chi connectivity index (χ1v) is 8.52. The third-order valence-corrected chi connectivity index (χ3v) is 4.61. The zero-order valence-corrected chi connectivity index (χ0v) is 14.9. The van der Waals surface area contributed by atoms with Gasteiger partial charge in [-0.1, -0.05) is 13.8 Å². The van der Waals surface area contributed by atoms with Gasteiger partial charge in [0.05, 0.1) is 5.92 Å². The first-order chi connectivity index (χ1) is 12.7. The molecule has 27 heavy (non-hydrogen) atoms. The lowest BCUT2D eigenvalue weighted by Crippen LogP contribution is -2.44. The summed E-state index contributed by atoms with van der Waals surface area (Å²) in [6.45, 7) is 1.68. The molecular weight excluding hydrogens is 367 g/mol. The minimum Gasteiger partial charge on any atom is -0.443 e. The molecular formula is C16H23FN2O8. The van der Waals surface area contributed by atoms with Gasteiger partial charge in [0.1, 0.15) is 18.8 Å². The van der Waals surface area contributed by atoms with E-state index in [9.17, 15) is 29.0 Å². The molecule has 0 unspecified atom stereocenters. The van der Waals surface area contributed by atoms with Crippen LogP contribution in [0.3, 0.4) is 0 Å². The molecule has 0 radical (unpaired) electrons. The van der Waals surface area contributed by atoms with Crippen LogP contribution in [-0.2, 0) is 21.0 Å². The lowest BCUT2D eigenvalue weighted by atomic mass is 10.0. The van der Waals surface area contributed by atoms with E-state index in [0.717, 1.165) is 12.3 Å². The zero-order chi connectivity index (χ0) is 20.4. The van der Waals surface area contributed by atoms with Gasteiger partial charge in [-0.15, -0.1) is 0 Å². The predicted octanol–water partition coefficient (Wildman–Crippen LogP) is -1.14. The van der Waals surface area contributed by atoms with Crippen LogP contribution in [0, 0.1) is 5.92 Å². The molecule has 2 heterocycles. The van der Waals surface area contributed by atoms with Gasteiger partial charge >= 0.3 is 11.7 Å². The number of nitrogens with zero attached hydrogens (tertiary/aromatic N) is 2. The molecule has 0 saturated carbocycles. The fourth-order valence-corrected chi connectivity index (χ4v) is 2.82. The van der Waals surface area contributed by atoms with Gasteiger partial charge in [0.2, 0.25) is 0 Å². The Morgan fingerprint density at radius 1 is 1.37 bits per heavy atom. The molecule has 152 valence electrons. The highest BCUT2D eigenvalue weighted by Crippen LogP contribution is 2.37. The number of aliphatic hydroxyl groups is 3. The lowest BCUT2D eigenvalue weighted by molar-refractivity contribution is -0.207. The first kappa shape index (κ1) is 21.2. The Hall–Kier alpha value is -2.08. The van der Waals surface area contributed by atoms with Crippen LogP contribution in [0.5, 0.6) is 0 Å². The Balaban J connectivity index is 2.30. The third kappa shape index (κ3) is 3.95. The standard InChI is InChI=1S/C16H23FN2O8/c1-3-9(4-2)14(24)26-8-19-10(21)5-6-18(15(19)25)13-11(22)12(23)16(17,7-20)27-13/h5-6,9,11-13,20,22-23H,3-4,7-8H2,1-2H3/t11-,12+,13-,16-/m1/s1. The van der Waals surface area contributed by atoms with Crippen molar-refractivity contribution in [2.24, 2.45) is 5.92 Å². The topological polar surface area (TPSA) is 140 Å². The van der Waals surface area contributed by atoms with Crippen LogP contribution in [0.1, 0.15) is 32.9 Å². The second-order valence-corrected chi connectivity index (χ2v) is 6.27. The van der Waals surface area contributed by atoms with E-state index < -0.39 is 54.8 Å². The molecule has 0 aliphatic carbocycles. The van der Waals surface area contributed by atoms with Crippen molar-refractivity contribution < 1.29 is 34.0 Å². The average Bonchev–Trinajstić information content (AvgIpc) is 2.87. The largest absolute Gasteiger partial charge is 0.443 e. The number of carbonyl (C=O) groups excluding carboxylic acids is 1. The highest BCUT2D eigenvalue weighted by atomic mass is 19.2. The summed E-state index contributed by atoms with van der Waals surface area (Å²) in [5.41, 5.74) is -1.83. The van der Waals surface area contributed by atoms with Crippen LogP contribution in [-0.4, -0.2) is 55.1 Å². The Labute approximate surface area is 153 Å². The van der Waals surface area contributed by atoms with E-state index >= 15 is 0 Å². The molecule has 3 N–H and O–H groups in total. The Morgan fingerprint density at radius 3 is 2.52 bits per heavy atom. The summed E-state index contributed by atoms with van der Waals surface area (Å²) in [5, 5.41) is 28.7. The molecule has 1 fully saturated rings. The minimum atomic E-state index is -2.97. The molecule has 1 aromatic rings. The first-order valence-electron chi connectivity index (χ1n) is 8.52. The molecule has 0 bridgehead atoms. The zero-order valence-electron chi connectivity index (χ0n) is 14.9. The summed E-state index contributed by atoms with van der Waals surface area (Å²) >= 11 is 0. The number of halogens is 1. The highest BCUT2D eigenvalue weighted by Gasteiger charge is 2.56. The van der Waals surface area contributed by atoms with Crippen molar-refractivity contribution in [3.8, 4) is 0 Å². The Morgan fingerprint density at radius 2 is 2.00 bits per heavy atom. The molecule has 1 aliphatic rings. The molecule has 0 aromatic carbocycles. The predicted molar refractivity (Wildman–Crippen MR) is 88.2 cm³/mol. The van der Waals surface area contributed by atoms with Crippen LogP contribution >= 0.6 is 0 Å². The van der Waals surface area contributed by atoms with E-state index in [2.05, 4.69) is 0 Å². The van der Waals surface area contributed by atoms with E-state index in [0.29, 0.717) is 22.0 Å². The number of rotatable bonds is 7. The molecule has 11 heteroatoms. The summed E-state index contributed by atoms with van der Waals surface area (Å²) in [4.78, 5) is 36.4. The number of hydrogen-bond acceptors (Lipinski definition) is 8. The maximum Gasteiger partial charge on any atom is 0.335 e. The van der Waals surface area contributed by atoms with Crippen molar-refractivity contribution in [2.45, 2.75) is 57.7 Å². The highest BCUT2D eigenvalue weighted by molar-refractivity contribution is 5.72. The smallest absolute Gasteiger partial charge is 0.335 e. The Kier molecular flexibility index (Phi) is 6.52. The second-order valence-electron chi connectivity index (χ2n) is 6.27. The normalized spacial score (nSPS) is 27.9.